The average molecular weight is 236 g/mol. The maximum atomic E-state index is 5.52. The number of hydrogen-bond acceptors (Lipinski definition) is 4. The lowest BCUT2D eigenvalue weighted by Gasteiger charge is -2.27. The Balaban J connectivity index is 2.35. The van der Waals surface area contributed by atoms with Gasteiger partial charge in [-0.3, -0.25) is 0 Å². The van der Waals surface area contributed by atoms with E-state index in [1.165, 1.54) is 5.56 Å². The molecule has 1 heterocycles. The number of ether oxygens (including phenoxy) is 2. The van der Waals surface area contributed by atoms with Crippen LogP contribution in [0.3, 0.4) is 0 Å². The lowest BCUT2D eigenvalue weighted by Crippen LogP contribution is -2.42. The molecule has 2 N–H and O–H groups in total. The van der Waals surface area contributed by atoms with Crippen LogP contribution >= 0.6 is 0 Å². The van der Waals surface area contributed by atoms with Gasteiger partial charge in [0.2, 0.25) is 0 Å². The number of benzene rings is 1. The molecule has 4 heteroatoms. The minimum Gasteiger partial charge on any atom is -0.496 e. The van der Waals surface area contributed by atoms with Gasteiger partial charge >= 0.3 is 0 Å². The normalized spacial score (nSPS) is 20.1. The molecule has 4 nitrogen and oxygen atoms in total. The van der Waals surface area contributed by atoms with Gasteiger partial charge in [0, 0.05) is 36.8 Å². The van der Waals surface area contributed by atoms with Gasteiger partial charge < -0.3 is 20.1 Å². The van der Waals surface area contributed by atoms with E-state index in [-0.39, 0.29) is 0 Å². The Morgan fingerprint density at radius 2 is 2.00 bits per heavy atom. The summed E-state index contributed by atoms with van der Waals surface area (Å²) in [5.41, 5.74) is 2.25. The standard InChI is InChI=1S/C13H20N2O2/c1-9-12(16-2)5-4-10(13(9)17-3)11-8-14-6-7-15-11/h4-5,11,14-15H,6-8H2,1-3H3. The Kier molecular flexibility index (Phi) is 3.86. The molecule has 2 rings (SSSR count). The van der Waals surface area contributed by atoms with Gasteiger partial charge in [-0.2, -0.15) is 0 Å². The summed E-state index contributed by atoms with van der Waals surface area (Å²) < 4.78 is 10.8. The Bertz CT molecular complexity index is 387. The van der Waals surface area contributed by atoms with Crippen LogP contribution in [0.4, 0.5) is 0 Å². The number of hydrogen-bond donors (Lipinski definition) is 2. The van der Waals surface area contributed by atoms with Crippen molar-refractivity contribution in [1.29, 1.82) is 0 Å². The van der Waals surface area contributed by atoms with Crippen molar-refractivity contribution in [2.45, 2.75) is 13.0 Å². The second-order valence-corrected chi connectivity index (χ2v) is 4.23. The molecule has 0 spiro atoms. The molecule has 0 aliphatic carbocycles. The van der Waals surface area contributed by atoms with Crippen molar-refractivity contribution in [2.75, 3.05) is 33.9 Å². The third kappa shape index (κ3) is 2.37. The largest absolute Gasteiger partial charge is 0.496 e. The molecule has 1 saturated heterocycles. The van der Waals surface area contributed by atoms with Crippen molar-refractivity contribution < 1.29 is 9.47 Å². The molecule has 17 heavy (non-hydrogen) atoms. The molecule has 1 aromatic carbocycles. The van der Waals surface area contributed by atoms with Gasteiger partial charge in [-0.05, 0) is 19.1 Å². The van der Waals surface area contributed by atoms with Gasteiger partial charge in [0.1, 0.15) is 11.5 Å². The first-order valence-electron chi connectivity index (χ1n) is 5.93. The Labute approximate surface area is 102 Å². The van der Waals surface area contributed by atoms with E-state index in [1.807, 2.05) is 13.0 Å². The van der Waals surface area contributed by atoms with Gasteiger partial charge in [0.15, 0.2) is 0 Å². The highest BCUT2D eigenvalue weighted by atomic mass is 16.5. The molecule has 0 amide bonds. The summed E-state index contributed by atoms with van der Waals surface area (Å²) in [6.45, 7) is 4.96. The smallest absolute Gasteiger partial charge is 0.130 e. The predicted molar refractivity (Wildman–Crippen MR) is 67.9 cm³/mol. The Hall–Kier alpha value is -1.26. The Morgan fingerprint density at radius 3 is 2.59 bits per heavy atom. The summed E-state index contributed by atoms with van der Waals surface area (Å²) in [6.07, 6.45) is 0. The van der Waals surface area contributed by atoms with Crippen molar-refractivity contribution in [3.8, 4) is 11.5 Å². The van der Waals surface area contributed by atoms with E-state index >= 15 is 0 Å². The SMILES string of the molecule is COc1ccc(C2CNCCN2)c(OC)c1C. The quantitative estimate of drug-likeness (QED) is 0.829. The molecule has 1 atom stereocenters. The third-order valence-corrected chi connectivity index (χ3v) is 3.23. The summed E-state index contributed by atoms with van der Waals surface area (Å²) >= 11 is 0. The molecule has 0 saturated carbocycles. The summed E-state index contributed by atoms with van der Waals surface area (Å²) in [5.74, 6) is 1.79. The second kappa shape index (κ2) is 5.38. The lowest BCUT2D eigenvalue weighted by molar-refractivity contribution is 0.368. The maximum Gasteiger partial charge on any atom is 0.130 e. The van der Waals surface area contributed by atoms with Crippen molar-refractivity contribution in [2.24, 2.45) is 0 Å². The van der Waals surface area contributed by atoms with Crippen LogP contribution in [0.2, 0.25) is 0 Å². The zero-order valence-electron chi connectivity index (χ0n) is 10.7. The molecule has 1 aliphatic rings. The minimum atomic E-state index is 0.309. The van der Waals surface area contributed by atoms with Gasteiger partial charge in [-0.15, -0.1) is 0 Å². The molecule has 1 aliphatic heterocycles. The zero-order valence-corrected chi connectivity index (χ0v) is 10.7. The van der Waals surface area contributed by atoms with E-state index in [9.17, 15) is 0 Å². The van der Waals surface area contributed by atoms with Crippen molar-refractivity contribution in [3.63, 3.8) is 0 Å². The molecular formula is C13H20N2O2. The van der Waals surface area contributed by atoms with Crippen LogP contribution in [-0.2, 0) is 0 Å². The van der Waals surface area contributed by atoms with Gasteiger partial charge in [-0.1, -0.05) is 0 Å². The van der Waals surface area contributed by atoms with Crippen LogP contribution in [0.1, 0.15) is 17.2 Å². The van der Waals surface area contributed by atoms with Crippen LogP contribution in [0.15, 0.2) is 12.1 Å². The van der Waals surface area contributed by atoms with E-state index in [0.29, 0.717) is 6.04 Å². The topological polar surface area (TPSA) is 42.5 Å². The number of rotatable bonds is 3. The highest BCUT2D eigenvalue weighted by Gasteiger charge is 2.20. The molecule has 0 bridgehead atoms. The molecule has 0 radical (unpaired) electrons. The monoisotopic (exact) mass is 236 g/mol. The molecule has 94 valence electrons. The first-order valence-corrected chi connectivity index (χ1v) is 5.93. The van der Waals surface area contributed by atoms with Crippen molar-refractivity contribution >= 4 is 0 Å². The first kappa shape index (κ1) is 12.2. The highest BCUT2D eigenvalue weighted by Crippen LogP contribution is 2.34. The fourth-order valence-electron chi connectivity index (χ4n) is 2.33. The van der Waals surface area contributed by atoms with Crippen molar-refractivity contribution in [3.05, 3.63) is 23.3 Å². The maximum absolute atomic E-state index is 5.52. The van der Waals surface area contributed by atoms with Crippen molar-refractivity contribution in [1.82, 2.24) is 10.6 Å². The fraction of sp³-hybridized carbons (Fsp3) is 0.538. The minimum absolute atomic E-state index is 0.309. The third-order valence-electron chi connectivity index (χ3n) is 3.23. The summed E-state index contributed by atoms with van der Waals surface area (Å²) in [7, 11) is 3.39. The van der Waals surface area contributed by atoms with E-state index in [4.69, 9.17) is 9.47 Å². The first-order chi connectivity index (χ1) is 8.27. The second-order valence-electron chi connectivity index (χ2n) is 4.23. The highest BCUT2D eigenvalue weighted by molar-refractivity contribution is 5.50. The van der Waals surface area contributed by atoms with Crippen LogP contribution in [0.25, 0.3) is 0 Å². The fourth-order valence-corrected chi connectivity index (χ4v) is 2.33. The molecule has 1 unspecified atom stereocenters. The van der Waals surface area contributed by atoms with Gasteiger partial charge in [0.25, 0.3) is 0 Å². The summed E-state index contributed by atoms with van der Waals surface area (Å²) in [5, 5.41) is 6.87. The van der Waals surface area contributed by atoms with E-state index < -0.39 is 0 Å². The van der Waals surface area contributed by atoms with Crippen LogP contribution < -0.4 is 20.1 Å². The van der Waals surface area contributed by atoms with E-state index in [2.05, 4.69) is 16.7 Å². The van der Waals surface area contributed by atoms with E-state index in [0.717, 1.165) is 36.7 Å². The number of piperazine rings is 1. The van der Waals surface area contributed by atoms with Gasteiger partial charge in [-0.25, -0.2) is 0 Å². The lowest BCUT2D eigenvalue weighted by atomic mass is 10.0. The number of nitrogens with one attached hydrogen (secondary N) is 2. The van der Waals surface area contributed by atoms with Crippen LogP contribution in [0, 0.1) is 6.92 Å². The molecule has 1 fully saturated rings. The molecular weight excluding hydrogens is 216 g/mol. The van der Waals surface area contributed by atoms with E-state index in [1.54, 1.807) is 14.2 Å². The Morgan fingerprint density at radius 1 is 1.18 bits per heavy atom. The summed E-state index contributed by atoms with van der Waals surface area (Å²) in [4.78, 5) is 0. The molecule has 0 aromatic heterocycles. The van der Waals surface area contributed by atoms with Crippen LogP contribution in [0.5, 0.6) is 11.5 Å². The zero-order chi connectivity index (χ0) is 12.3. The average Bonchev–Trinajstić information content (AvgIpc) is 2.39. The number of methoxy groups -OCH3 is 2. The summed E-state index contributed by atoms with van der Waals surface area (Å²) in [6, 6.07) is 4.39. The predicted octanol–water partition coefficient (Wildman–Crippen LogP) is 1.25. The van der Waals surface area contributed by atoms with Gasteiger partial charge in [0.05, 0.1) is 14.2 Å². The molecule has 1 aromatic rings. The van der Waals surface area contributed by atoms with Crippen LogP contribution in [-0.4, -0.2) is 33.9 Å².